The number of hydrogen-bond donors (Lipinski definition) is 2. The molecular weight excluding hydrogens is 312 g/mol. The second-order valence-electron chi connectivity index (χ2n) is 6.22. The molecule has 0 radical (unpaired) electrons. The Bertz CT molecular complexity index is 848. The van der Waals surface area contributed by atoms with Crippen LogP contribution in [-0.4, -0.2) is 11.0 Å². The van der Waals surface area contributed by atoms with Crippen LogP contribution in [0, 0.1) is 11.3 Å². The van der Waals surface area contributed by atoms with E-state index in [2.05, 4.69) is 5.32 Å². The van der Waals surface area contributed by atoms with Crippen LogP contribution in [0.3, 0.4) is 0 Å². The van der Waals surface area contributed by atoms with Gasteiger partial charge in [-0.15, -0.1) is 0 Å². The van der Waals surface area contributed by atoms with Crippen LogP contribution >= 0.6 is 0 Å². The third-order valence-corrected chi connectivity index (χ3v) is 4.44. The number of hydrogen-bond acceptors (Lipinski definition) is 3. The predicted octanol–water partition coefficient (Wildman–Crippen LogP) is 3.49. The van der Waals surface area contributed by atoms with E-state index in [9.17, 15) is 15.2 Å². The first-order chi connectivity index (χ1) is 12.2. The first-order valence-corrected chi connectivity index (χ1v) is 8.46. The van der Waals surface area contributed by atoms with E-state index in [1.54, 1.807) is 6.07 Å². The molecule has 2 N–H and O–H groups in total. The Morgan fingerprint density at radius 3 is 2.72 bits per heavy atom. The molecule has 0 aromatic heterocycles. The second-order valence-corrected chi connectivity index (χ2v) is 6.22. The second kappa shape index (κ2) is 7.67. The van der Waals surface area contributed by atoms with Gasteiger partial charge in [-0.1, -0.05) is 36.4 Å². The highest BCUT2D eigenvalue weighted by Crippen LogP contribution is 2.31. The Morgan fingerprint density at radius 2 is 1.96 bits per heavy atom. The van der Waals surface area contributed by atoms with Crippen molar-refractivity contribution >= 4 is 12.0 Å². The first-order valence-electron chi connectivity index (χ1n) is 8.46. The lowest BCUT2D eigenvalue weighted by Gasteiger charge is -2.17. The van der Waals surface area contributed by atoms with Crippen LogP contribution in [0.1, 0.15) is 35.1 Å². The van der Waals surface area contributed by atoms with E-state index in [0.717, 1.165) is 42.4 Å². The molecule has 0 aliphatic heterocycles. The number of nitriles is 1. The standard InChI is InChI=1S/C21H20N2O2/c22-13-18(21(25)23-14-15-6-2-1-3-7-15)11-16-10-17-8-4-5-9-19(17)20(24)12-16/h1-3,6-7,10-12,24H,4-5,8-9,14H2,(H,23,25). The number of amides is 1. The Morgan fingerprint density at radius 1 is 1.20 bits per heavy atom. The zero-order valence-corrected chi connectivity index (χ0v) is 14.0. The molecule has 4 heteroatoms. The summed E-state index contributed by atoms with van der Waals surface area (Å²) < 4.78 is 0. The SMILES string of the molecule is N#CC(=Cc1cc(O)c2c(c1)CCCC2)C(=O)NCc1ccccc1. The molecule has 0 bridgehead atoms. The van der Waals surface area contributed by atoms with E-state index in [1.807, 2.05) is 42.5 Å². The van der Waals surface area contributed by atoms with Crippen molar-refractivity contribution in [3.63, 3.8) is 0 Å². The average molecular weight is 332 g/mol. The molecule has 0 atom stereocenters. The number of nitrogens with one attached hydrogen (secondary N) is 1. The zero-order chi connectivity index (χ0) is 17.6. The maximum Gasteiger partial charge on any atom is 0.262 e. The van der Waals surface area contributed by atoms with Crippen molar-refractivity contribution < 1.29 is 9.90 Å². The van der Waals surface area contributed by atoms with Crippen molar-refractivity contribution in [1.29, 1.82) is 5.26 Å². The number of benzene rings is 2. The number of carbonyl (C=O) groups is 1. The monoisotopic (exact) mass is 332 g/mol. The Balaban J connectivity index is 1.77. The fraction of sp³-hybridized carbons (Fsp3) is 0.238. The van der Waals surface area contributed by atoms with E-state index >= 15 is 0 Å². The van der Waals surface area contributed by atoms with E-state index in [-0.39, 0.29) is 11.3 Å². The van der Waals surface area contributed by atoms with Gasteiger partial charge < -0.3 is 10.4 Å². The molecular formula is C21H20N2O2. The minimum absolute atomic E-state index is 0.0334. The highest BCUT2D eigenvalue weighted by molar-refractivity contribution is 6.01. The van der Waals surface area contributed by atoms with E-state index in [0.29, 0.717) is 12.1 Å². The molecule has 0 saturated heterocycles. The summed E-state index contributed by atoms with van der Waals surface area (Å²) in [6.45, 7) is 0.369. The van der Waals surface area contributed by atoms with Gasteiger partial charge >= 0.3 is 0 Å². The number of carbonyl (C=O) groups excluding carboxylic acids is 1. The van der Waals surface area contributed by atoms with Gasteiger partial charge in [0.2, 0.25) is 0 Å². The van der Waals surface area contributed by atoms with Crippen molar-refractivity contribution in [3.05, 3.63) is 70.3 Å². The molecule has 3 rings (SSSR count). The summed E-state index contributed by atoms with van der Waals surface area (Å²) >= 11 is 0. The fourth-order valence-electron chi connectivity index (χ4n) is 3.14. The maximum absolute atomic E-state index is 12.3. The lowest BCUT2D eigenvalue weighted by atomic mass is 9.89. The van der Waals surface area contributed by atoms with Gasteiger partial charge in [0, 0.05) is 6.54 Å². The average Bonchev–Trinajstić information content (AvgIpc) is 2.65. The minimum Gasteiger partial charge on any atom is -0.508 e. The molecule has 4 nitrogen and oxygen atoms in total. The van der Waals surface area contributed by atoms with Crippen molar-refractivity contribution in [2.24, 2.45) is 0 Å². The summed E-state index contributed by atoms with van der Waals surface area (Å²) in [5.74, 6) is -0.158. The van der Waals surface area contributed by atoms with Crippen molar-refractivity contribution in [3.8, 4) is 11.8 Å². The third-order valence-electron chi connectivity index (χ3n) is 4.44. The summed E-state index contributed by atoms with van der Waals surface area (Å²) in [5.41, 5.74) is 3.80. The van der Waals surface area contributed by atoms with Gasteiger partial charge in [-0.2, -0.15) is 5.26 Å². The number of phenols is 1. The van der Waals surface area contributed by atoms with Crippen LogP contribution in [0.25, 0.3) is 6.08 Å². The van der Waals surface area contributed by atoms with E-state index in [4.69, 9.17) is 0 Å². The van der Waals surface area contributed by atoms with Gasteiger partial charge in [-0.3, -0.25) is 4.79 Å². The van der Waals surface area contributed by atoms with Crippen molar-refractivity contribution in [2.75, 3.05) is 0 Å². The lowest BCUT2D eigenvalue weighted by Crippen LogP contribution is -2.23. The maximum atomic E-state index is 12.3. The smallest absolute Gasteiger partial charge is 0.262 e. The van der Waals surface area contributed by atoms with E-state index in [1.165, 1.54) is 6.08 Å². The molecule has 0 heterocycles. The number of nitrogens with zero attached hydrogens (tertiary/aromatic N) is 1. The Kier molecular flexibility index (Phi) is 5.15. The number of aromatic hydroxyl groups is 1. The summed E-state index contributed by atoms with van der Waals surface area (Å²) in [6.07, 6.45) is 5.53. The third kappa shape index (κ3) is 4.07. The summed E-state index contributed by atoms with van der Waals surface area (Å²) in [5, 5.41) is 22.3. The first kappa shape index (κ1) is 16.8. The van der Waals surface area contributed by atoms with Crippen molar-refractivity contribution in [1.82, 2.24) is 5.32 Å². The topological polar surface area (TPSA) is 73.1 Å². The number of rotatable bonds is 4. The minimum atomic E-state index is -0.413. The largest absolute Gasteiger partial charge is 0.508 e. The van der Waals surface area contributed by atoms with Crippen molar-refractivity contribution in [2.45, 2.75) is 32.2 Å². The normalized spacial score (nSPS) is 13.6. The molecule has 1 aliphatic rings. The van der Waals surface area contributed by atoms with Gasteiger partial charge in [0.05, 0.1) is 0 Å². The van der Waals surface area contributed by atoms with Gasteiger partial charge in [0.1, 0.15) is 17.4 Å². The molecule has 2 aromatic carbocycles. The highest BCUT2D eigenvalue weighted by Gasteiger charge is 2.15. The molecule has 0 saturated carbocycles. The molecule has 0 spiro atoms. The summed E-state index contributed by atoms with van der Waals surface area (Å²) in [4.78, 5) is 12.3. The highest BCUT2D eigenvalue weighted by atomic mass is 16.3. The molecule has 126 valence electrons. The molecule has 1 amide bonds. The quantitative estimate of drug-likeness (QED) is 0.665. The van der Waals surface area contributed by atoms with Crippen LogP contribution < -0.4 is 5.32 Å². The van der Waals surface area contributed by atoms with Gasteiger partial charge in [-0.05, 0) is 60.1 Å². The molecule has 1 aliphatic carbocycles. The Labute approximate surface area is 147 Å². The molecule has 2 aromatic rings. The predicted molar refractivity (Wildman–Crippen MR) is 96.6 cm³/mol. The van der Waals surface area contributed by atoms with Gasteiger partial charge in [-0.25, -0.2) is 0 Å². The number of phenolic OH excluding ortho intramolecular Hbond substituents is 1. The van der Waals surface area contributed by atoms with Crippen LogP contribution in [0.2, 0.25) is 0 Å². The van der Waals surface area contributed by atoms with Crippen LogP contribution in [-0.2, 0) is 24.2 Å². The van der Waals surface area contributed by atoms with Crippen LogP contribution in [0.15, 0.2) is 48.0 Å². The van der Waals surface area contributed by atoms with Crippen LogP contribution in [0.5, 0.6) is 5.75 Å². The zero-order valence-electron chi connectivity index (χ0n) is 14.0. The summed E-state index contributed by atoms with van der Waals surface area (Å²) in [6, 6.07) is 15.1. The molecule has 0 unspecified atom stereocenters. The molecule has 0 fully saturated rings. The van der Waals surface area contributed by atoms with Gasteiger partial charge in [0.25, 0.3) is 5.91 Å². The summed E-state index contributed by atoms with van der Waals surface area (Å²) in [7, 11) is 0. The molecule has 25 heavy (non-hydrogen) atoms. The number of fused-ring (bicyclic) bond motifs is 1. The fourth-order valence-corrected chi connectivity index (χ4v) is 3.14. The lowest BCUT2D eigenvalue weighted by molar-refractivity contribution is -0.117. The van der Waals surface area contributed by atoms with E-state index < -0.39 is 5.91 Å². The Hall–Kier alpha value is -3.06. The van der Waals surface area contributed by atoms with Crippen LogP contribution in [0.4, 0.5) is 0 Å². The van der Waals surface area contributed by atoms with Gasteiger partial charge in [0.15, 0.2) is 0 Å². The number of aryl methyl sites for hydroxylation is 1.